The van der Waals surface area contributed by atoms with Gasteiger partial charge in [-0.05, 0) is 19.9 Å². The van der Waals surface area contributed by atoms with Gasteiger partial charge in [-0.15, -0.1) is 0 Å². The Labute approximate surface area is 125 Å². The van der Waals surface area contributed by atoms with Gasteiger partial charge in [-0.2, -0.15) is 4.31 Å². The Balaban J connectivity index is 2.39. The monoisotopic (exact) mass is 333 g/mol. The molecular weight excluding hydrogens is 314 g/mol. The Morgan fingerprint density at radius 3 is 2.81 bits per heavy atom. The molecule has 0 aromatic carbocycles. The van der Waals surface area contributed by atoms with Crippen molar-refractivity contribution in [3.63, 3.8) is 0 Å². The molecule has 0 spiro atoms. The van der Waals surface area contributed by atoms with Crippen LogP contribution in [0.4, 0.5) is 5.69 Å². The van der Waals surface area contributed by atoms with Crippen LogP contribution < -0.4 is 5.32 Å². The number of nitrogens with zero attached hydrogens (tertiary/aromatic N) is 2. The van der Waals surface area contributed by atoms with Crippen LogP contribution >= 0.6 is 0 Å². The quantitative estimate of drug-likeness (QED) is 0.852. The van der Waals surface area contributed by atoms with Gasteiger partial charge < -0.3 is 5.32 Å². The van der Waals surface area contributed by atoms with Crippen LogP contribution in [0.25, 0.3) is 0 Å². The Morgan fingerprint density at radius 2 is 2.19 bits per heavy atom. The van der Waals surface area contributed by atoms with Crippen molar-refractivity contribution < 1.29 is 16.8 Å². The van der Waals surface area contributed by atoms with Crippen molar-refractivity contribution >= 4 is 25.5 Å². The van der Waals surface area contributed by atoms with Crippen molar-refractivity contribution in [3.05, 3.63) is 18.5 Å². The van der Waals surface area contributed by atoms with Crippen LogP contribution in [0.1, 0.15) is 13.8 Å². The van der Waals surface area contributed by atoms with E-state index in [-0.39, 0.29) is 22.9 Å². The van der Waals surface area contributed by atoms with Crippen molar-refractivity contribution in [2.75, 3.05) is 29.9 Å². The van der Waals surface area contributed by atoms with E-state index >= 15 is 0 Å². The van der Waals surface area contributed by atoms with Gasteiger partial charge in [0.25, 0.3) is 0 Å². The second kappa shape index (κ2) is 5.90. The van der Waals surface area contributed by atoms with Crippen LogP contribution in [0.15, 0.2) is 23.4 Å². The summed E-state index contributed by atoms with van der Waals surface area (Å²) in [6, 6.07) is 1.02. The number of sulfonamides is 1. The molecule has 1 aromatic rings. The standard InChI is InChI=1S/C12H19N3O4S2/c1-3-14-11-4-5-13-8-12(11)21(18,19)15-6-7-20(16,17)9-10(15)2/h4-5,8,10H,3,6-7,9H2,1-2H3,(H,13,14). The van der Waals surface area contributed by atoms with E-state index in [4.69, 9.17) is 0 Å². The molecule has 21 heavy (non-hydrogen) atoms. The highest BCUT2D eigenvalue weighted by Gasteiger charge is 2.37. The minimum Gasteiger partial charge on any atom is -0.384 e. The van der Waals surface area contributed by atoms with Gasteiger partial charge >= 0.3 is 0 Å². The molecule has 2 heterocycles. The fourth-order valence-corrected chi connectivity index (χ4v) is 5.90. The first kappa shape index (κ1) is 16.2. The first-order valence-corrected chi connectivity index (χ1v) is 9.94. The van der Waals surface area contributed by atoms with Gasteiger partial charge in [0.2, 0.25) is 10.0 Å². The van der Waals surface area contributed by atoms with Gasteiger partial charge in [-0.3, -0.25) is 4.98 Å². The molecule has 1 saturated heterocycles. The topological polar surface area (TPSA) is 96.4 Å². The summed E-state index contributed by atoms with van der Waals surface area (Å²) in [6.45, 7) is 4.03. The van der Waals surface area contributed by atoms with Crippen LogP contribution in [-0.2, 0) is 19.9 Å². The van der Waals surface area contributed by atoms with Crippen LogP contribution in [0, 0.1) is 0 Å². The minimum atomic E-state index is -3.77. The Bertz CT molecular complexity index is 716. The van der Waals surface area contributed by atoms with Crippen molar-refractivity contribution in [1.29, 1.82) is 0 Å². The zero-order valence-electron chi connectivity index (χ0n) is 12.0. The molecule has 118 valence electrons. The number of pyridine rings is 1. The highest BCUT2D eigenvalue weighted by atomic mass is 32.2. The third-order valence-corrected chi connectivity index (χ3v) is 7.18. The number of sulfone groups is 1. The summed E-state index contributed by atoms with van der Waals surface area (Å²) < 4.78 is 49.9. The molecule has 0 saturated carbocycles. The lowest BCUT2D eigenvalue weighted by Crippen LogP contribution is -2.49. The number of hydrogen-bond acceptors (Lipinski definition) is 6. The maximum absolute atomic E-state index is 12.8. The molecule has 0 bridgehead atoms. The SMILES string of the molecule is CCNc1ccncc1S(=O)(=O)N1CCS(=O)(=O)CC1C. The average molecular weight is 333 g/mol. The molecule has 1 N–H and O–H groups in total. The van der Waals surface area contributed by atoms with E-state index in [0.29, 0.717) is 12.2 Å². The minimum absolute atomic E-state index is 0.0215. The Hall–Kier alpha value is -1.19. The number of aromatic nitrogens is 1. The zero-order chi connectivity index (χ0) is 15.7. The lowest BCUT2D eigenvalue weighted by molar-refractivity contribution is 0.357. The largest absolute Gasteiger partial charge is 0.384 e. The molecule has 1 aliphatic rings. The van der Waals surface area contributed by atoms with Gasteiger partial charge in [0.1, 0.15) is 4.90 Å². The third kappa shape index (κ3) is 3.35. The van der Waals surface area contributed by atoms with Crippen molar-refractivity contribution in [2.45, 2.75) is 24.8 Å². The van der Waals surface area contributed by atoms with Gasteiger partial charge in [0.05, 0.1) is 17.2 Å². The first-order valence-electron chi connectivity index (χ1n) is 6.68. The smallest absolute Gasteiger partial charge is 0.246 e. The van der Waals surface area contributed by atoms with E-state index in [9.17, 15) is 16.8 Å². The molecule has 9 heteroatoms. The van der Waals surface area contributed by atoms with Crippen LogP contribution in [0.5, 0.6) is 0 Å². The highest BCUT2D eigenvalue weighted by Crippen LogP contribution is 2.27. The summed E-state index contributed by atoms with van der Waals surface area (Å²) in [5.74, 6) is -0.295. The summed E-state index contributed by atoms with van der Waals surface area (Å²) in [5.41, 5.74) is 0.480. The summed E-state index contributed by atoms with van der Waals surface area (Å²) in [6.07, 6.45) is 2.81. The molecule has 2 rings (SSSR count). The fourth-order valence-electron chi connectivity index (χ4n) is 2.39. The molecule has 1 aliphatic heterocycles. The van der Waals surface area contributed by atoms with Crippen LogP contribution in [-0.4, -0.2) is 56.8 Å². The predicted octanol–water partition coefficient (Wildman–Crippen LogP) is 0.321. The Morgan fingerprint density at radius 1 is 1.48 bits per heavy atom. The number of anilines is 1. The molecule has 1 unspecified atom stereocenters. The molecule has 1 aromatic heterocycles. The number of hydrogen-bond donors (Lipinski definition) is 1. The summed E-state index contributed by atoms with van der Waals surface area (Å²) >= 11 is 0. The zero-order valence-corrected chi connectivity index (χ0v) is 13.6. The summed E-state index contributed by atoms with van der Waals surface area (Å²) in [5, 5.41) is 2.99. The second-order valence-electron chi connectivity index (χ2n) is 4.98. The van der Waals surface area contributed by atoms with Crippen LogP contribution in [0.2, 0.25) is 0 Å². The van der Waals surface area contributed by atoms with Gasteiger partial charge in [0, 0.05) is 31.5 Å². The lowest BCUT2D eigenvalue weighted by Gasteiger charge is -2.32. The maximum atomic E-state index is 12.8. The summed E-state index contributed by atoms with van der Waals surface area (Å²) in [4.78, 5) is 3.96. The molecule has 0 radical (unpaired) electrons. The van der Waals surface area contributed by atoms with Crippen molar-refractivity contribution in [1.82, 2.24) is 9.29 Å². The van der Waals surface area contributed by atoms with Gasteiger partial charge in [-0.1, -0.05) is 0 Å². The molecule has 0 aliphatic carbocycles. The van der Waals surface area contributed by atoms with E-state index in [1.807, 2.05) is 6.92 Å². The maximum Gasteiger partial charge on any atom is 0.246 e. The molecular formula is C12H19N3O4S2. The van der Waals surface area contributed by atoms with Crippen LogP contribution in [0.3, 0.4) is 0 Å². The predicted molar refractivity (Wildman–Crippen MR) is 80.4 cm³/mol. The second-order valence-corrected chi connectivity index (χ2v) is 9.07. The first-order chi connectivity index (χ1) is 9.78. The molecule has 1 fully saturated rings. The normalized spacial score (nSPS) is 22.9. The van der Waals surface area contributed by atoms with Gasteiger partial charge in [0.15, 0.2) is 9.84 Å². The van der Waals surface area contributed by atoms with E-state index in [0.717, 1.165) is 0 Å². The number of nitrogens with one attached hydrogen (secondary N) is 1. The molecule has 7 nitrogen and oxygen atoms in total. The van der Waals surface area contributed by atoms with E-state index in [1.54, 1.807) is 13.0 Å². The van der Waals surface area contributed by atoms with Crippen molar-refractivity contribution in [2.24, 2.45) is 0 Å². The Kier molecular flexibility index (Phi) is 4.54. The van der Waals surface area contributed by atoms with Crippen molar-refractivity contribution in [3.8, 4) is 0 Å². The highest BCUT2D eigenvalue weighted by molar-refractivity contribution is 7.92. The van der Waals surface area contributed by atoms with Gasteiger partial charge in [-0.25, -0.2) is 16.8 Å². The average Bonchev–Trinajstić information content (AvgIpc) is 2.38. The lowest BCUT2D eigenvalue weighted by atomic mass is 10.4. The fraction of sp³-hybridized carbons (Fsp3) is 0.583. The molecule has 0 amide bonds. The molecule has 1 atom stereocenters. The van der Waals surface area contributed by atoms with E-state index < -0.39 is 25.9 Å². The van der Waals surface area contributed by atoms with E-state index in [1.165, 1.54) is 16.7 Å². The van der Waals surface area contributed by atoms with E-state index in [2.05, 4.69) is 10.3 Å². The third-order valence-electron chi connectivity index (χ3n) is 3.35. The number of rotatable bonds is 4. The summed E-state index contributed by atoms with van der Waals surface area (Å²) in [7, 11) is -6.94.